The molecule has 0 radical (unpaired) electrons. The lowest BCUT2D eigenvalue weighted by molar-refractivity contribution is -0.384. The van der Waals surface area contributed by atoms with Gasteiger partial charge in [-0.25, -0.2) is 0 Å². The second kappa shape index (κ2) is 10.4. The van der Waals surface area contributed by atoms with E-state index in [2.05, 4.69) is 16.0 Å². The molecule has 9 nitrogen and oxygen atoms in total. The summed E-state index contributed by atoms with van der Waals surface area (Å²) in [5, 5.41) is 19.1. The fourth-order valence-electron chi connectivity index (χ4n) is 2.64. The van der Waals surface area contributed by atoms with Crippen molar-refractivity contribution in [2.24, 2.45) is 0 Å². The van der Waals surface area contributed by atoms with Gasteiger partial charge in [-0.2, -0.15) is 0 Å². The van der Waals surface area contributed by atoms with Crippen molar-refractivity contribution >= 4 is 29.3 Å². The van der Waals surface area contributed by atoms with Gasteiger partial charge in [0.1, 0.15) is 11.5 Å². The van der Waals surface area contributed by atoms with Crippen LogP contribution in [0.4, 0.5) is 11.4 Å². The number of nitro benzene ring substituents is 1. The number of nitro groups is 1. The molecule has 158 valence electrons. The van der Waals surface area contributed by atoms with E-state index >= 15 is 0 Å². The Morgan fingerprint density at radius 3 is 2.35 bits per heavy atom. The van der Waals surface area contributed by atoms with Gasteiger partial charge in [-0.05, 0) is 36.4 Å². The minimum absolute atomic E-state index is 0.000663. The molecule has 9 heteroatoms. The summed E-state index contributed by atoms with van der Waals surface area (Å²) in [7, 11) is 0. The number of non-ortho nitro benzene ring substituents is 1. The van der Waals surface area contributed by atoms with E-state index in [1.54, 1.807) is 54.6 Å². The largest absolute Gasteiger partial charge is 0.465 e. The van der Waals surface area contributed by atoms with Crippen LogP contribution in [0, 0.1) is 10.1 Å². The van der Waals surface area contributed by atoms with Crippen LogP contribution in [0.3, 0.4) is 0 Å². The maximum Gasteiger partial charge on any atom is 0.269 e. The molecule has 0 bridgehead atoms. The van der Waals surface area contributed by atoms with Gasteiger partial charge < -0.3 is 20.4 Å². The van der Waals surface area contributed by atoms with Crippen LogP contribution in [0.1, 0.15) is 16.1 Å². The molecule has 3 N–H and O–H groups in total. The highest BCUT2D eigenvalue weighted by Gasteiger charge is 2.15. The number of hydrogen-bond donors (Lipinski definition) is 3. The summed E-state index contributed by atoms with van der Waals surface area (Å²) in [6.07, 6.45) is 2.91. The van der Waals surface area contributed by atoms with Crippen LogP contribution in [0.25, 0.3) is 6.08 Å². The molecular formula is C22H20N4O5. The van der Waals surface area contributed by atoms with Crippen LogP contribution in [-0.2, 0) is 4.79 Å². The van der Waals surface area contributed by atoms with Crippen LogP contribution in [0.5, 0.6) is 0 Å². The minimum Gasteiger partial charge on any atom is -0.465 e. The Balaban J connectivity index is 1.58. The lowest BCUT2D eigenvalue weighted by atomic mass is 10.2. The molecule has 0 aliphatic heterocycles. The molecular weight excluding hydrogens is 400 g/mol. The highest BCUT2D eigenvalue weighted by Crippen LogP contribution is 2.15. The van der Waals surface area contributed by atoms with Gasteiger partial charge in [0.05, 0.1) is 11.2 Å². The lowest BCUT2D eigenvalue weighted by Crippen LogP contribution is -2.36. The highest BCUT2D eigenvalue weighted by molar-refractivity contribution is 6.05. The quantitative estimate of drug-likeness (QED) is 0.211. The van der Waals surface area contributed by atoms with E-state index in [1.165, 1.54) is 24.5 Å². The second-order valence-electron chi connectivity index (χ2n) is 6.38. The van der Waals surface area contributed by atoms with Gasteiger partial charge in [-0.1, -0.05) is 18.2 Å². The molecule has 0 aliphatic rings. The first-order chi connectivity index (χ1) is 15.0. The predicted octanol–water partition coefficient (Wildman–Crippen LogP) is 3.19. The van der Waals surface area contributed by atoms with Crippen molar-refractivity contribution in [2.45, 2.75) is 0 Å². The van der Waals surface area contributed by atoms with E-state index in [-0.39, 0.29) is 17.9 Å². The van der Waals surface area contributed by atoms with Crippen LogP contribution in [0.15, 0.2) is 83.1 Å². The summed E-state index contributed by atoms with van der Waals surface area (Å²) >= 11 is 0. The topological polar surface area (TPSA) is 127 Å². The van der Waals surface area contributed by atoms with E-state index < -0.39 is 16.7 Å². The third-order valence-corrected chi connectivity index (χ3v) is 4.18. The maximum absolute atomic E-state index is 12.6. The lowest BCUT2D eigenvalue weighted by Gasteiger charge is -2.11. The summed E-state index contributed by atoms with van der Waals surface area (Å²) in [4.78, 5) is 35.3. The molecule has 0 saturated carbocycles. The Morgan fingerprint density at radius 1 is 0.968 bits per heavy atom. The number of nitrogens with one attached hydrogen (secondary N) is 3. The first kappa shape index (κ1) is 21.3. The molecule has 31 heavy (non-hydrogen) atoms. The number of nitrogens with zero attached hydrogens (tertiary/aromatic N) is 1. The zero-order chi connectivity index (χ0) is 22.1. The number of benzene rings is 2. The van der Waals surface area contributed by atoms with Crippen molar-refractivity contribution in [3.8, 4) is 0 Å². The number of hydrogen-bond acceptors (Lipinski definition) is 6. The first-order valence-electron chi connectivity index (χ1n) is 9.41. The standard InChI is InChI=1S/C22H20N4O5/c27-21(16-5-2-1-3-6-16)25-20(15-19-7-4-14-31-19)22(28)24-13-12-23-17-8-10-18(11-9-17)26(29)30/h1-11,14-15,23H,12-13H2,(H,24,28)(H,25,27). The SMILES string of the molecule is O=C(NCCNc1ccc([N+](=O)[O-])cc1)C(=Cc1ccco1)NC(=O)c1ccccc1. The zero-order valence-corrected chi connectivity index (χ0v) is 16.4. The van der Waals surface area contributed by atoms with Crippen LogP contribution in [-0.4, -0.2) is 29.8 Å². The smallest absolute Gasteiger partial charge is 0.269 e. The van der Waals surface area contributed by atoms with E-state index in [4.69, 9.17) is 4.42 Å². The van der Waals surface area contributed by atoms with Gasteiger partial charge in [0.25, 0.3) is 17.5 Å². The number of carbonyl (C=O) groups is 2. The third-order valence-electron chi connectivity index (χ3n) is 4.18. The van der Waals surface area contributed by atoms with Crippen molar-refractivity contribution in [1.82, 2.24) is 10.6 Å². The van der Waals surface area contributed by atoms with Crippen LogP contribution in [0.2, 0.25) is 0 Å². The minimum atomic E-state index is -0.480. The van der Waals surface area contributed by atoms with Crippen molar-refractivity contribution < 1.29 is 18.9 Å². The van der Waals surface area contributed by atoms with Crippen molar-refractivity contribution in [1.29, 1.82) is 0 Å². The number of rotatable bonds is 9. The molecule has 1 heterocycles. The van der Waals surface area contributed by atoms with Crippen molar-refractivity contribution in [3.63, 3.8) is 0 Å². The normalized spacial score (nSPS) is 10.9. The van der Waals surface area contributed by atoms with E-state index in [0.29, 0.717) is 23.6 Å². The molecule has 0 atom stereocenters. The number of amides is 2. The number of anilines is 1. The predicted molar refractivity (Wildman–Crippen MR) is 115 cm³/mol. The first-order valence-corrected chi connectivity index (χ1v) is 9.41. The molecule has 0 unspecified atom stereocenters. The van der Waals surface area contributed by atoms with E-state index in [1.807, 2.05) is 0 Å². The van der Waals surface area contributed by atoms with Gasteiger partial charge in [0.2, 0.25) is 0 Å². The molecule has 3 rings (SSSR count). The fourth-order valence-corrected chi connectivity index (χ4v) is 2.64. The second-order valence-corrected chi connectivity index (χ2v) is 6.38. The Hall–Kier alpha value is -4.40. The van der Waals surface area contributed by atoms with Gasteiger partial charge in [0, 0.05) is 42.5 Å². The van der Waals surface area contributed by atoms with Crippen LogP contribution < -0.4 is 16.0 Å². The molecule has 2 amide bonds. The van der Waals surface area contributed by atoms with Gasteiger partial charge in [-0.3, -0.25) is 19.7 Å². The summed E-state index contributed by atoms with van der Waals surface area (Å²) in [6, 6.07) is 17.8. The summed E-state index contributed by atoms with van der Waals surface area (Å²) in [6.45, 7) is 0.636. The highest BCUT2D eigenvalue weighted by atomic mass is 16.6. The average molecular weight is 420 g/mol. The maximum atomic E-state index is 12.6. The van der Waals surface area contributed by atoms with E-state index in [9.17, 15) is 19.7 Å². The van der Waals surface area contributed by atoms with E-state index in [0.717, 1.165) is 0 Å². The fraction of sp³-hybridized carbons (Fsp3) is 0.0909. The molecule has 0 spiro atoms. The molecule has 1 aromatic heterocycles. The molecule has 3 aromatic rings. The summed E-state index contributed by atoms with van der Waals surface area (Å²) < 4.78 is 5.24. The van der Waals surface area contributed by atoms with Gasteiger partial charge in [-0.15, -0.1) is 0 Å². The molecule has 0 aliphatic carbocycles. The average Bonchev–Trinajstić information content (AvgIpc) is 3.30. The number of furan rings is 1. The molecule has 2 aromatic carbocycles. The monoisotopic (exact) mass is 420 g/mol. The Morgan fingerprint density at radius 2 is 1.71 bits per heavy atom. The summed E-state index contributed by atoms with van der Waals surface area (Å²) in [5.74, 6) is -0.480. The zero-order valence-electron chi connectivity index (χ0n) is 16.4. The van der Waals surface area contributed by atoms with Crippen molar-refractivity contribution in [3.05, 3.63) is 100 Å². The van der Waals surface area contributed by atoms with Crippen LogP contribution >= 0.6 is 0 Å². The molecule has 0 fully saturated rings. The molecule has 0 saturated heterocycles. The summed E-state index contributed by atoms with van der Waals surface area (Å²) in [5.41, 5.74) is 1.14. The third kappa shape index (κ3) is 6.29. The van der Waals surface area contributed by atoms with Crippen molar-refractivity contribution in [2.75, 3.05) is 18.4 Å². The Labute approximate surface area is 177 Å². The van der Waals surface area contributed by atoms with Gasteiger partial charge >= 0.3 is 0 Å². The Kier molecular flexibility index (Phi) is 7.15. The van der Waals surface area contributed by atoms with Gasteiger partial charge in [0.15, 0.2) is 0 Å². The Bertz CT molecular complexity index is 1060. The number of carbonyl (C=O) groups excluding carboxylic acids is 2.